The van der Waals surface area contributed by atoms with Crippen molar-refractivity contribution in [2.75, 3.05) is 19.7 Å². The summed E-state index contributed by atoms with van der Waals surface area (Å²) in [5, 5.41) is 14.0. The Morgan fingerprint density at radius 1 is 1.30 bits per heavy atom. The summed E-state index contributed by atoms with van der Waals surface area (Å²) in [6.07, 6.45) is 5.31. The third kappa shape index (κ3) is 4.20. The Kier molecular flexibility index (Phi) is 4.95. The van der Waals surface area contributed by atoms with Crippen molar-refractivity contribution in [3.8, 4) is 5.75 Å². The van der Waals surface area contributed by atoms with Gasteiger partial charge in [-0.25, -0.2) is 0 Å². The van der Waals surface area contributed by atoms with Crippen molar-refractivity contribution >= 4 is 5.69 Å². The molecule has 1 aliphatic carbocycles. The first-order valence-electron chi connectivity index (χ1n) is 7.17. The molecule has 1 saturated carbocycles. The Bertz CT molecular complexity index is 439. The number of benzene rings is 1. The van der Waals surface area contributed by atoms with E-state index in [1.807, 2.05) is 0 Å². The molecule has 5 heteroatoms. The Hall–Kier alpha value is -1.62. The number of nitrogens with one attached hydrogen (secondary N) is 1. The monoisotopic (exact) mass is 278 g/mol. The molecule has 0 radical (unpaired) electrons. The van der Waals surface area contributed by atoms with E-state index in [0.29, 0.717) is 17.8 Å². The Morgan fingerprint density at radius 2 is 1.95 bits per heavy atom. The summed E-state index contributed by atoms with van der Waals surface area (Å²) in [5.74, 6) is 0.671. The first-order valence-corrected chi connectivity index (χ1v) is 7.17. The lowest BCUT2D eigenvalue weighted by Crippen LogP contribution is -2.32. The number of nitrogens with zero attached hydrogens (tertiary/aromatic N) is 1. The second-order valence-corrected chi connectivity index (χ2v) is 5.79. The van der Waals surface area contributed by atoms with Gasteiger partial charge in [-0.05, 0) is 30.4 Å². The lowest BCUT2D eigenvalue weighted by molar-refractivity contribution is -0.384. The van der Waals surface area contributed by atoms with E-state index in [0.717, 1.165) is 13.1 Å². The standard InChI is InChI=1S/C15H22N2O3/c1-15(8-2-3-9-15)12-16-10-11-20-14-6-4-13(5-7-14)17(18)19/h4-7,16H,2-3,8-12H2,1H3. The fraction of sp³-hybridized carbons (Fsp3) is 0.600. The molecule has 1 aliphatic rings. The van der Waals surface area contributed by atoms with Crippen LogP contribution in [0.4, 0.5) is 5.69 Å². The molecule has 5 nitrogen and oxygen atoms in total. The van der Waals surface area contributed by atoms with Crippen LogP contribution in [0.15, 0.2) is 24.3 Å². The topological polar surface area (TPSA) is 64.4 Å². The van der Waals surface area contributed by atoms with Gasteiger partial charge >= 0.3 is 0 Å². The van der Waals surface area contributed by atoms with Crippen LogP contribution in [0.3, 0.4) is 0 Å². The van der Waals surface area contributed by atoms with Crippen LogP contribution in [-0.4, -0.2) is 24.6 Å². The van der Waals surface area contributed by atoms with Crippen molar-refractivity contribution in [2.24, 2.45) is 5.41 Å². The Labute approximate surface area is 119 Å². The van der Waals surface area contributed by atoms with Crippen LogP contribution in [0.2, 0.25) is 0 Å². The van der Waals surface area contributed by atoms with E-state index in [9.17, 15) is 10.1 Å². The second kappa shape index (κ2) is 6.70. The highest BCUT2D eigenvalue weighted by molar-refractivity contribution is 5.35. The van der Waals surface area contributed by atoms with Crippen molar-refractivity contribution in [3.05, 3.63) is 34.4 Å². The summed E-state index contributed by atoms with van der Waals surface area (Å²) in [6, 6.07) is 6.19. The molecule has 1 aromatic carbocycles. The maximum atomic E-state index is 10.5. The minimum Gasteiger partial charge on any atom is -0.492 e. The maximum absolute atomic E-state index is 10.5. The van der Waals surface area contributed by atoms with Gasteiger partial charge in [0.15, 0.2) is 0 Å². The molecule has 1 N–H and O–H groups in total. The molecule has 0 bridgehead atoms. The molecule has 0 spiro atoms. The molecule has 0 unspecified atom stereocenters. The van der Waals surface area contributed by atoms with E-state index in [1.54, 1.807) is 12.1 Å². The Morgan fingerprint density at radius 3 is 2.55 bits per heavy atom. The fourth-order valence-corrected chi connectivity index (χ4v) is 2.70. The lowest BCUT2D eigenvalue weighted by atomic mass is 9.89. The van der Waals surface area contributed by atoms with E-state index in [-0.39, 0.29) is 5.69 Å². The maximum Gasteiger partial charge on any atom is 0.269 e. The van der Waals surface area contributed by atoms with E-state index in [2.05, 4.69) is 12.2 Å². The molecule has 0 atom stereocenters. The van der Waals surface area contributed by atoms with Crippen LogP contribution in [0.1, 0.15) is 32.6 Å². The first kappa shape index (κ1) is 14.8. The van der Waals surface area contributed by atoms with E-state index < -0.39 is 4.92 Å². The van der Waals surface area contributed by atoms with Gasteiger partial charge < -0.3 is 10.1 Å². The van der Waals surface area contributed by atoms with Crippen LogP contribution >= 0.6 is 0 Å². The van der Waals surface area contributed by atoms with Gasteiger partial charge in [-0.2, -0.15) is 0 Å². The van der Waals surface area contributed by atoms with Crippen LogP contribution in [0.5, 0.6) is 5.75 Å². The van der Waals surface area contributed by atoms with Gasteiger partial charge in [-0.3, -0.25) is 10.1 Å². The summed E-state index contributed by atoms with van der Waals surface area (Å²) in [6.45, 7) is 4.75. The first-order chi connectivity index (χ1) is 9.59. The quantitative estimate of drug-likeness (QED) is 0.473. The normalized spacial score (nSPS) is 17.1. The van der Waals surface area contributed by atoms with Crippen molar-refractivity contribution in [1.29, 1.82) is 0 Å². The smallest absolute Gasteiger partial charge is 0.269 e. The summed E-state index contributed by atoms with van der Waals surface area (Å²) in [5.41, 5.74) is 0.539. The second-order valence-electron chi connectivity index (χ2n) is 5.79. The molecule has 0 heterocycles. The summed E-state index contributed by atoms with van der Waals surface area (Å²) < 4.78 is 5.55. The molecule has 20 heavy (non-hydrogen) atoms. The summed E-state index contributed by atoms with van der Waals surface area (Å²) in [7, 11) is 0. The minimum atomic E-state index is -0.409. The predicted octanol–water partition coefficient (Wildman–Crippen LogP) is 3.14. The van der Waals surface area contributed by atoms with Crippen molar-refractivity contribution in [2.45, 2.75) is 32.6 Å². The molecule has 0 aromatic heterocycles. The van der Waals surface area contributed by atoms with Crippen LogP contribution < -0.4 is 10.1 Å². The van der Waals surface area contributed by atoms with Gasteiger partial charge in [-0.15, -0.1) is 0 Å². The lowest BCUT2D eigenvalue weighted by Gasteiger charge is -2.23. The summed E-state index contributed by atoms with van der Waals surface area (Å²) >= 11 is 0. The fourth-order valence-electron chi connectivity index (χ4n) is 2.70. The Balaban J connectivity index is 1.64. The third-order valence-electron chi connectivity index (χ3n) is 3.96. The number of rotatable bonds is 7. The SMILES string of the molecule is CC1(CNCCOc2ccc([N+](=O)[O-])cc2)CCCC1. The molecule has 0 saturated heterocycles. The number of hydrogen-bond donors (Lipinski definition) is 1. The molecular weight excluding hydrogens is 256 g/mol. The molecule has 1 aromatic rings. The van der Waals surface area contributed by atoms with Crippen LogP contribution in [0, 0.1) is 15.5 Å². The van der Waals surface area contributed by atoms with Crippen LogP contribution in [-0.2, 0) is 0 Å². The molecule has 2 rings (SSSR count). The molecule has 0 amide bonds. The molecular formula is C15H22N2O3. The zero-order valence-corrected chi connectivity index (χ0v) is 11.9. The zero-order chi connectivity index (χ0) is 14.4. The number of hydrogen-bond acceptors (Lipinski definition) is 4. The molecule has 110 valence electrons. The highest BCUT2D eigenvalue weighted by Gasteiger charge is 2.27. The van der Waals surface area contributed by atoms with Gasteiger partial charge in [0.05, 0.1) is 4.92 Å². The van der Waals surface area contributed by atoms with Gasteiger partial charge in [-0.1, -0.05) is 19.8 Å². The highest BCUT2D eigenvalue weighted by atomic mass is 16.6. The minimum absolute atomic E-state index is 0.0876. The van der Waals surface area contributed by atoms with E-state index in [1.165, 1.54) is 37.8 Å². The number of ether oxygens (including phenoxy) is 1. The number of nitro groups is 1. The number of nitro benzene ring substituents is 1. The van der Waals surface area contributed by atoms with Crippen molar-refractivity contribution < 1.29 is 9.66 Å². The van der Waals surface area contributed by atoms with Gasteiger partial charge in [0.25, 0.3) is 5.69 Å². The average molecular weight is 278 g/mol. The highest BCUT2D eigenvalue weighted by Crippen LogP contribution is 2.36. The van der Waals surface area contributed by atoms with E-state index in [4.69, 9.17) is 4.74 Å². The summed E-state index contributed by atoms with van der Waals surface area (Å²) in [4.78, 5) is 10.1. The predicted molar refractivity (Wildman–Crippen MR) is 78.0 cm³/mol. The van der Waals surface area contributed by atoms with Gasteiger partial charge in [0.1, 0.15) is 12.4 Å². The van der Waals surface area contributed by atoms with Crippen LogP contribution in [0.25, 0.3) is 0 Å². The largest absolute Gasteiger partial charge is 0.492 e. The van der Waals surface area contributed by atoms with Gasteiger partial charge in [0, 0.05) is 25.2 Å². The third-order valence-corrected chi connectivity index (χ3v) is 3.96. The number of non-ortho nitro benzene ring substituents is 1. The molecule has 1 fully saturated rings. The average Bonchev–Trinajstić information content (AvgIpc) is 2.86. The molecule has 0 aliphatic heterocycles. The zero-order valence-electron chi connectivity index (χ0n) is 11.9. The van der Waals surface area contributed by atoms with Crippen molar-refractivity contribution in [1.82, 2.24) is 5.32 Å². The van der Waals surface area contributed by atoms with Gasteiger partial charge in [0.2, 0.25) is 0 Å². The van der Waals surface area contributed by atoms with E-state index >= 15 is 0 Å². The van der Waals surface area contributed by atoms with Crippen molar-refractivity contribution in [3.63, 3.8) is 0 Å².